The van der Waals surface area contributed by atoms with Crippen LogP contribution < -0.4 is 5.32 Å². The van der Waals surface area contributed by atoms with Crippen molar-refractivity contribution < 1.29 is 14.6 Å². The summed E-state index contributed by atoms with van der Waals surface area (Å²) in [5.41, 5.74) is -0.152. The topological polar surface area (TPSA) is 58.6 Å². The zero-order chi connectivity index (χ0) is 18.7. The Morgan fingerprint density at radius 1 is 1.32 bits per heavy atom. The fourth-order valence-electron chi connectivity index (χ4n) is 2.97. The lowest BCUT2D eigenvalue weighted by Crippen LogP contribution is -2.43. The second-order valence-electron chi connectivity index (χ2n) is 8.07. The summed E-state index contributed by atoms with van der Waals surface area (Å²) < 4.78 is 5.31. The second-order valence-corrected chi connectivity index (χ2v) is 8.92. The quantitative estimate of drug-likeness (QED) is 0.703. The van der Waals surface area contributed by atoms with Gasteiger partial charge in [0.2, 0.25) is 0 Å². The molecule has 1 aliphatic rings. The van der Waals surface area contributed by atoms with Crippen LogP contribution in [0.15, 0.2) is 18.2 Å². The molecule has 0 saturated heterocycles. The predicted octanol–water partition coefficient (Wildman–Crippen LogP) is 4.84. The third kappa shape index (κ3) is 6.69. The molecule has 1 atom stereocenters. The van der Waals surface area contributed by atoms with Crippen molar-refractivity contribution in [1.29, 1.82) is 0 Å². The molecule has 6 heteroatoms. The Balaban J connectivity index is 2.12. The highest BCUT2D eigenvalue weighted by molar-refractivity contribution is 6.33. The fourth-order valence-corrected chi connectivity index (χ4v) is 3.35. The van der Waals surface area contributed by atoms with Gasteiger partial charge in [-0.15, -0.1) is 0 Å². The maximum Gasteiger partial charge on any atom is 0.407 e. The van der Waals surface area contributed by atoms with E-state index in [1.165, 1.54) is 0 Å². The molecule has 1 aliphatic carbocycles. The number of aliphatic hydroxyl groups excluding tert-OH is 1. The number of carbonyl (C=O) groups excluding carboxylic acids is 1. The van der Waals surface area contributed by atoms with Gasteiger partial charge in [0.05, 0.1) is 6.61 Å². The number of carbonyl (C=O) groups is 1. The lowest BCUT2D eigenvalue weighted by atomic mass is 9.77. The normalized spacial score (nSPS) is 17.0. The minimum absolute atomic E-state index is 0.0395. The standard InChI is InChI=1S/C19H27Cl2NO3/c1-18(2,3)25-17(24)22-11-19(12-23,9-13-4-5-13)10-14-8-15(20)6-7-16(14)21/h6-8,13,23H,4-5,9-12H2,1-3H3,(H,22,24). The summed E-state index contributed by atoms with van der Waals surface area (Å²) in [4.78, 5) is 12.0. The van der Waals surface area contributed by atoms with Crippen LogP contribution in [-0.4, -0.2) is 30.0 Å². The Kier molecular flexibility index (Phi) is 6.63. The molecule has 140 valence electrons. The van der Waals surface area contributed by atoms with Crippen molar-refractivity contribution in [1.82, 2.24) is 5.32 Å². The van der Waals surface area contributed by atoms with Gasteiger partial charge in [0.25, 0.3) is 0 Å². The van der Waals surface area contributed by atoms with Crippen molar-refractivity contribution in [3.05, 3.63) is 33.8 Å². The summed E-state index contributed by atoms with van der Waals surface area (Å²) in [5, 5.41) is 14.2. The monoisotopic (exact) mass is 387 g/mol. The highest BCUT2D eigenvalue weighted by atomic mass is 35.5. The Morgan fingerprint density at radius 3 is 2.56 bits per heavy atom. The number of hydrogen-bond donors (Lipinski definition) is 2. The van der Waals surface area contributed by atoms with Crippen LogP contribution in [0.3, 0.4) is 0 Å². The maximum absolute atomic E-state index is 12.0. The summed E-state index contributed by atoms with van der Waals surface area (Å²) in [6, 6.07) is 5.34. The largest absolute Gasteiger partial charge is 0.444 e. The molecule has 0 radical (unpaired) electrons. The fraction of sp³-hybridized carbons (Fsp3) is 0.632. The summed E-state index contributed by atoms with van der Waals surface area (Å²) in [6.07, 6.45) is 3.24. The molecule has 25 heavy (non-hydrogen) atoms. The zero-order valence-electron chi connectivity index (χ0n) is 15.1. The Morgan fingerprint density at radius 2 is 2.00 bits per heavy atom. The third-order valence-electron chi connectivity index (χ3n) is 4.33. The number of nitrogens with one attached hydrogen (secondary N) is 1. The molecule has 1 aromatic carbocycles. The molecule has 1 saturated carbocycles. The number of amides is 1. The molecule has 1 amide bonds. The summed E-state index contributed by atoms with van der Waals surface area (Å²) >= 11 is 12.4. The van der Waals surface area contributed by atoms with Crippen molar-refractivity contribution in [2.24, 2.45) is 11.3 Å². The maximum atomic E-state index is 12.0. The molecule has 0 aromatic heterocycles. The minimum Gasteiger partial charge on any atom is -0.444 e. The van der Waals surface area contributed by atoms with Crippen molar-refractivity contribution in [3.8, 4) is 0 Å². The molecule has 1 unspecified atom stereocenters. The predicted molar refractivity (Wildman–Crippen MR) is 101 cm³/mol. The molecule has 0 spiro atoms. The number of aliphatic hydroxyl groups is 1. The highest BCUT2D eigenvalue weighted by Crippen LogP contribution is 2.42. The molecule has 0 bridgehead atoms. The van der Waals surface area contributed by atoms with E-state index in [2.05, 4.69) is 5.32 Å². The van der Waals surface area contributed by atoms with E-state index in [-0.39, 0.29) is 6.61 Å². The van der Waals surface area contributed by atoms with Crippen molar-refractivity contribution in [2.45, 2.75) is 52.1 Å². The molecule has 1 fully saturated rings. The average Bonchev–Trinajstić information content (AvgIpc) is 3.31. The lowest BCUT2D eigenvalue weighted by molar-refractivity contribution is 0.0449. The number of benzene rings is 1. The van der Waals surface area contributed by atoms with Crippen LogP contribution in [0.2, 0.25) is 10.0 Å². The number of rotatable bonds is 7. The molecule has 1 aromatic rings. The first kappa shape index (κ1) is 20.3. The molecular weight excluding hydrogens is 361 g/mol. The SMILES string of the molecule is CC(C)(C)OC(=O)NCC(CO)(Cc1cc(Cl)ccc1Cl)CC1CC1. The van der Waals surface area contributed by atoms with E-state index in [0.29, 0.717) is 28.9 Å². The van der Waals surface area contributed by atoms with Gasteiger partial charge in [0.1, 0.15) is 5.60 Å². The number of halogens is 2. The first-order valence-corrected chi connectivity index (χ1v) is 9.40. The van der Waals surface area contributed by atoms with Crippen LogP contribution >= 0.6 is 23.2 Å². The van der Waals surface area contributed by atoms with Crippen LogP contribution in [0.4, 0.5) is 4.79 Å². The van der Waals surface area contributed by atoms with E-state index in [9.17, 15) is 9.90 Å². The first-order chi connectivity index (χ1) is 11.6. The van der Waals surface area contributed by atoms with Crippen LogP contribution in [0.5, 0.6) is 0 Å². The van der Waals surface area contributed by atoms with E-state index in [0.717, 1.165) is 24.8 Å². The van der Waals surface area contributed by atoms with Gasteiger partial charge < -0.3 is 15.2 Å². The summed E-state index contributed by atoms with van der Waals surface area (Å²) in [7, 11) is 0. The van der Waals surface area contributed by atoms with Gasteiger partial charge >= 0.3 is 6.09 Å². The molecule has 4 nitrogen and oxygen atoms in total. The smallest absolute Gasteiger partial charge is 0.407 e. The van der Waals surface area contributed by atoms with Gasteiger partial charge in [-0.25, -0.2) is 4.79 Å². The number of alkyl carbamates (subject to hydrolysis) is 1. The van der Waals surface area contributed by atoms with Crippen LogP contribution in [0.1, 0.15) is 45.6 Å². The number of hydrogen-bond acceptors (Lipinski definition) is 3. The van der Waals surface area contributed by atoms with Gasteiger partial charge in [0, 0.05) is 22.0 Å². The number of ether oxygens (including phenoxy) is 1. The van der Waals surface area contributed by atoms with E-state index < -0.39 is 17.1 Å². The third-order valence-corrected chi connectivity index (χ3v) is 4.94. The first-order valence-electron chi connectivity index (χ1n) is 8.64. The Hall–Kier alpha value is -0.970. The molecular formula is C19H27Cl2NO3. The van der Waals surface area contributed by atoms with E-state index >= 15 is 0 Å². The van der Waals surface area contributed by atoms with Gasteiger partial charge in [-0.3, -0.25) is 0 Å². The molecule has 0 aliphatic heterocycles. The van der Waals surface area contributed by atoms with Gasteiger partial charge in [-0.2, -0.15) is 0 Å². The molecule has 0 heterocycles. The summed E-state index contributed by atoms with van der Waals surface area (Å²) in [6.45, 7) is 5.76. The van der Waals surface area contributed by atoms with Gasteiger partial charge in [-0.1, -0.05) is 36.0 Å². The van der Waals surface area contributed by atoms with E-state index in [1.807, 2.05) is 26.8 Å². The lowest BCUT2D eigenvalue weighted by Gasteiger charge is -2.33. The minimum atomic E-state index is -0.557. The van der Waals surface area contributed by atoms with Gasteiger partial charge in [-0.05, 0) is 63.3 Å². The Labute approximate surface area is 159 Å². The van der Waals surface area contributed by atoms with Crippen molar-refractivity contribution >= 4 is 29.3 Å². The Bertz CT molecular complexity index is 611. The van der Waals surface area contributed by atoms with Gasteiger partial charge in [0.15, 0.2) is 0 Å². The van der Waals surface area contributed by atoms with Crippen molar-refractivity contribution in [3.63, 3.8) is 0 Å². The van der Waals surface area contributed by atoms with E-state index in [1.54, 1.807) is 12.1 Å². The molecule has 2 N–H and O–H groups in total. The highest BCUT2D eigenvalue weighted by Gasteiger charge is 2.38. The zero-order valence-corrected chi connectivity index (χ0v) is 16.6. The van der Waals surface area contributed by atoms with Crippen LogP contribution in [0.25, 0.3) is 0 Å². The van der Waals surface area contributed by atoms with Crippen molar-refractivity contribution in [2.75, 3.05) is 13.2 Å². The molecule has 2 rings (SSSR count). The second kappa shape index (κ2) is 8.15. The summed E-state index contributed by atoms with van der Waals surface area (Å²) in [5.74, 6) is 0.588. The average molecular weight is 388 g/mol. The van der Waals surface area contributed by atoms with Crippen LogP contribution in [-0.2, 0) is 11.2 Å². The van der Waals surface area contributed by atoms with E-state index in [4.69, 9.17) is 27.9 Å². The van der Waals surface area contributed by atoms with Crippen LogP contribution in [0, 0.1) is 11.3 Å².